The summed E-state index contributed by atoms with van der Waals surface area (Å²) < 4.78 is 0. The van der Waals surface area contributed by atoms with E-state index in [0.717, 1.165) is 13.0 Å². The molecule has 2 aliphatic carbocycles. The third-order valence-electron chi connectivity index (χ3n) is 4.16. The van der Waals surface area contributed by atoms with Gasteiger partial charge in [-0.2, -0.15) is 0 Å². The van der Waals surface area contributed by atoms with E-state index in [4.69, 9.17) is 0 Å². The van der Waals surface area contributed by atoms with Gasteiger partial charge in [0.25, 0.3) is 0 Å². The van der Waals surface area contributed by atoms with Gasteiger partial charge in [0.2, 0.25) is 11.8 Å². The predicted molar refractivity (Wildman–Crippen MR) is 69.9 cm³/mol. The average Bonchev–Trinajstić information content (AvgIpc) is 2.88. The fourth-order valence-electron chi connectivity index (χ4n) is 2.68. The number of hydrogen-bond acceptors (Lipinski definition) is 2. The molecule has 0 aromatic rings. The molecule has 0 heterocycles. The van der Waals surface area contributed by atoms with Crippen LogP contribution in [0.4, 0.5) is 0 Å². The number of hydrogen-bond donors (Lipinski definition) is 2. The van der Waals surface area contributed by atoms with Gasteiger partial charge in [-0.3, -0.25) is 9.59 Å². The van der Waals surface area contributed by atoms with E-state index in [1.165, 1.54) is 25.7 Å². The number of carbonyl (C=O) groups excluding carboxylic acids is 2. The van der Waals surface area contributed by atoms with Crippen molar-refractivity contribution in [2.45, 2.75) is 45.4 Å². The largest absolute Gasteiger partial charge is 0.356 e. The van der Waals surface area contributed by atoms with Gasteiger partial charge in [0.15, 0.2) is 0 Å². The Labute approximate surface area is 109 Å². The van der Waals surface area contributed by atoms with Crippen molar-refractivity contribution in [1.29, 1.82) is 0 Å². The van der Waals surface area contributed by atoms with Crippen LogP contribution in [0, 0.1) is 17.8 Å². The van der Waals surface area contributed by atoms with Crippen LogP contribution in [0.25, 0.3) is 0 Å². The van der Waals surface area contributed by atoms with Gasteiger partial charge in [0.1, 0.15) is 0 Å². The van der Waals surface area contributed by atoms with E-state index >= 15 is 0 Å². The lowest BCUT2D eigenvalue weighted by atomic mass is 10.1. The molecule has 2 amide bonds. The Morgan fingerprint density at radius 2 is 1.83 bits per heavy atom. The van der Waals surface area contributed by atoms with E-state index in [1.807, 2.05) is 0 Å². The highest BCUT2D eigenvalue weighted by molar-refractivity contribution is 5.82. The van der Waals surface area contributed by atoms with Gasteiger partial charge < -0.3 is 10.6 Å². The number of carbonyl (C=O) groups is 2. The maximum absolute atomic E-state index is 11.6. The SMILES string of the molecule is C[C@@H]1C[C@H]1C(=O)NCCC(=O)NCC1CCCC1. The van der Waals surface area contributed by atoms with Crippen molar-refractivity contribution < 1.29 is 9.59 Å². The van der Waals surface area contributed by atoms with Crippen molar-refractivity contribution in [3.63, 3.8) is 0 Å². The zero-order valence-corrected chi connectivity index (χ0v) is 11.2. The Morgan fingerprint density at radius 3 is 2.44 bits per heavy atom. The standard InChI is InChI=1S/C14H24N2O2/c1-10-8-12(10)14(18)15-7-6-13(17)16-9-11-4-2-3-5-11/h10-12H,2-9H2,1H3,(H,15,18)(H,16,17)/t10-,12-/m1/s1. The molecule has 0 unspecified atom stereocenters. The molecular formula is C14H24N2O2. The molecule has 0 aromatic heterocycles. The molecule has 0 saturated heterocycles. The molecule has 0 aliphatic heterocycles. The van der Waals surface area contributed by atoms with Gasteiger partial charge in [0.05, 0.1) is 0 Å². The van der Waals surface area contributed by atoms with Crippen molar-refractivity contribution in [2.24, 2.45) is 17.8 Å². The summed E-state index contributed by atoms with van der Waals surface area (Å²) in [6.07, 6.45) is 6.50. The molecule has 18 heavy (non-hydrogen) atoms. The molecule has 0 radical (unpaired) electrons. The Balaban J connectivity index is 1.50. The van der Waals surface area contributed by atoms with Gasteiger partial charge in [-0.05, 0) is 31.1 Å². The fourth-order valence-corrected chi connectivity index (χ4v) is 2.68. The highest BCUT2D eigenvalue weighted by atomic mass is 16.2. The highest BCUT2D eigenvalue weighted by Crippen LogP contribution is 2.37. The first-order valence-corrected chi connectivity index (χ1v) is 7.21. The van der Waals surface area contributed by atoms with Crippen molar-refractivity contribution >= 4 is 11.8 Å². The fraction of sp³-hybridized carbons (Fsp3) is 0.857. The lowest BCUT2D eigenvalue weighted by Gasteiger charge is -2.10. The van der Waals surface area contributed by atoms with Crippen molar-refractivity contribution in [3.05, 3.63) is 0 Å². The first-order valence-electron chi connectivity index (χ1n) is 7.21. The smallest absolute Gasteiger partial charge is 0.223 e. The molecule has 2 saturated carbocycles. The summed E-state index contributed by atoms with van der Waals surface area (Å²) in [4.78, 5) is 23.1. The Hall–Kier alpha value is -1.06. The molecule has 4 nitrogen and oxygen atoms in total. The molecule has 102 valence electrons. The summed E-state index contributed by atoms with van der Waals surface area (Å²) in [5.41, 5.74) is 0. The summed E-state index contributed by atoms with van der Waals surface area (Å²) in [6.45, 7) is 3.36. The van der Waals surface area contributed by atoms with Crippen LogP contribution in [-0.4, -0.2) is 24.9 Å². The van der Waals surface area contributed by atoms with Gasteiger partial charge in [-0.1, -0.05) is 19.8 Å². The second-order valence-corrected chi connectivity index (χ2v) is 5.82. The molecule has 2 aliphatic rings. The van der Waals surface area contributed by atoms with Gasteiger partial charge >= 0.3 is 0 Å². The van der Waals surface area contributed by atoms with E-state index in [1.54, 1.807) is 0 Å². The topological polar surface area (TPSA) is 58.2 Å². The third-order valence-corrected chi connectivity index (χ3v) is 4.16. The first-order chi connectivity index (χ1) is 8.66. The zero-order valence-electron chi connectivity index (χ0n) is 11.2. The number of rotatable bonds is 6. The Bertz CT molecular complexity index is 311. The minimum Gasteiger partial charge on any atom is -0.356 e. The lowest BCUT2D eigenvalue weighted by molar-refractivity contribution is -0.123. The lowest BCUT2D eigenvalue weighted by Crippen LogP contribution is -2.33. The van der Waals surface area contributed by atoms with E-state index in [2.05, 4.69) is 17.6 Å². The quantitative estimate of drug-likeness (QED) is 0.752. The molecule has 4 heteroatoms. The summed E-state index contributed by atoms with van der Waals surface area (Å²) in [7, 11) is 0. The van der Waals surface area contributed by atoms with Crippen molar-refractivity contribution in [2.75, 3.05) is 13.1 Å². The van der Waals surface area contributed by atoms with E-state index in [9.17, 15) is 9.59 Å². The van der Waals surface area contributed by atoms with Crippen LogP contribution in [0.1, 0.15) is 45.4 Å². The maximum atomic E-state index is 11.6. The van der Waals surface area contributed by atoms with E-state index in [0.29, 0.717) is 24.8 Å². The van der Waals surface area contributed by atoms with Crippen LogP contribution < -0.4 is 10.6 Å². The van der Waals surface area contributed by atoms with Gasteiger partial charge in [0, 0.05) is 25.4 Å². The van der Waals surface area contributed by atoms with Crippen molar-refractivity contribution in [1.82, 2.24) is 10.6 Å². The Kier molecular flexibility index (Phi) is 4.61. The van der Waals surface area contributed by atoms with Gasteiger partial charge in [-0.15, -0.1) is 0 Å². The predicted octanol–water partition coefficient (Wildman–Crippen LogP) is 1.46. The first kappa shape index (κ1) is 13.4. The van der Waals surface area contributed by atoms with Crippen LogP contribution in [0.15, 0.2) is 0 Å². The van der Waals surface area contributed by atoms with Crippen molar-refractivity contribution in [3.8, 4) is 0 Å². The van der Waals surface area contributed by atoms with E-state index in [-0.39, 0.29) is 17.7 Å². The van der Waals surface area contributed by atoms with Crippen LogP contribution in [-0.2, 0) is 9.59 Å². The minimum atomic E-state index is 0.0612. The molecule has 2 N–H and O–H groups in total. The maximum Gasteiger partial charge on any atom is 0.223 e. The molecule has 0 bridgehead atoms. The molecule has 0 aromatic carbocycles. The third kappa shape index (κ3) is 4.00. The van der Waals surface area contributed by atoms with Crippen LogP contribution in [0.2, 0.25) is 0 Å². The minimum absolute atomic E-state index is 0.0612. The Morgan fingerprint density at radius 1 is 1.17 bits per heavy atom. The number of amides is 2. The average molecular weight is 252 g/mol. The monoisotopic (exact) mass is 252 g/mol. The number of nitrogens with one attached hydrogen (secondary N) is 2. The second kappa shape index (κ2) is 6.21. The summed E-state index contributed by atoms with van der Waals surface area (Å²) in [5.74, 6) is 1.58. The summed E-state index contributed by atoms with van der Waals surface area (Å²) >= 11 is 0. The summed E-state index contributed by atoms with van der Waals surface area (Å²) in [6, 6.07) is 0. The van der Waals surface area contributed by atoms with Crippen LogP contribution in [0.3, 0.4) is 0 Å². The van der Waals surface area contributed by atoms with Gasteiger partial charge in [-0.25, -0.2) is 0 Å². The molecule has 2 fully saturated rings. The van der Waals surface area contributed by atoms with Crippen LogP contribution >= 0.6 is 0 Å². The normalized spacial score (nSPS) is 26.9. The van der Waals surface area contributed by atoms with E-state index < -0.39 is 0 Å². The summed E-state index contributed by atoms with van der Waals surface area (Å²) in [5, 5.41) is 5.80. The molecule has 0 spiro atoms. The second-order valence-electron chi connectivity index (χ2n) is 5.82. The van der Waals surface area contributed by atoms with Crippen LogP contribution in [0.5, 0.6) is 0 Å². The molecule has 2 rings (SSSR count). The highest BCUT2D eigenvalue weighted by Gasteiger charge is 2.38. The molecule has 2 atom stereocenters. The zero-order chi connectivity index (χ0) is 13.0. The molecular weight excluding hydrogens is 228 g/mol.